The molecule has 3 rings (SSSR count). The molecule has 0 saturated carbocycles. The lowest BCUT2D eigenvalue weighted by Gasteiger charge is -2.12. The van der Waals surface area contributed by atoms with Crippen molar-refractivity contribution in [2.75, 3.05) is 19.0 Å². The molecule has 96 valence electrons. The van der Waals surface area contributed by atoms with Gasteiger partial charge in [0.1, 0.15) is 5.82 Å². The first-order chi connectivity index (χ1) is 9.13. The molecule has 19 heavy (non-hydrogen) atoms. The fourth-order valence-electron chi connectivity index (χ4n) is 2.07. The number of fused-ring (bicyclic) bond motifs is 1. The van der Waals surface area contributed by atoms with Gasteiger partial charge in [-0.15, -0.1) is 0 Å². The Bertz CT molecular complexity index is 728. The van der Waals surface area contributed by atoms with Crippen LogP contribution in [0.5, 0.6) is 0 Å². The van der Waals surface area contributed by atoms with E-state index in [1.54, 1.807) is 0 Å². The summed E-state index contributed by atoms with van der Waals surface area (Å²) in [6.07, 6.45) is 1.84. The summed E-state index contributed by atoms with van der Waals surface area (Å²) in [5.41, 5.74) is 5.09. The van der Waals surface area contributed by atoms with Gasteiger partial charge in [-0.1, -0.05) is 12.1 Å². The molecule has 0 amide bonds. The molecule has 0 spiro atoms. The highest BCUT2D eigenvalue weighted by Gasteiger charge is 2.07. The minimum Gasteiger partial charge on any atom is -0.378 e. The van der Waals surface area contributed by atoms with E-state index in [0.29, 0.717) is 0 Å². The van der Waals surface area contributed by atoms with Gasteiger partial charge in [0, 0.05) is 31.5 Å². The van der Waals surface area contributed by atoms with Gasteiger partial charge in [0.15, 0.2) is 5.65 Å². The van der Waals surface area contributed by atoms with Crippen molar-refractivity contribution >= 4 is 16.9 Å². The summed E-state index contributed by atoms with van der Waals surface area (Å²) in [5, 5.41) is 0. The van der Waals surface area contributed by atoms with Crippen LogP contribution in [-0.2, 0) is 0 Å². The van der Waals surface area contributed by atoms with E-state index < -0.39 is 0 Å². The Morgan fingerprint density at radius 1 is 1.16 bits per heavy atom. The first kappa shape index (κ1) is 11.7. The molecule has 0 aliphatic rings. The fourth-order valence-corrected chi connectivity index (χ4v) is 2.07. The van der Waals surface area contributed by atoms with E-state index in [4.69, 9.17) is 0 Å². The molecule has 0 bridgehead atoms. The number of anilines is 1. The van der Waals surface area contributed by atoms with Gasteiger partial charge in [0.05, 0.1) is 5.52 Å². The molecule has 0 unspecified atom stereocenters. The number of pyridine rings is 1. The zero-order valence-corrected chi connectivity index (χ0v) is 11.3. The second kappa shape index (κ2) is 4.39. The monoisotopic (exact) mass is 252 g/mol. The molecule has 3 aromatic rings. The van der Waals surface area contributed by atoms with Crippen molar-refractivity contribution in [3.63, 3.8) is 0 Å². The number of imidazole rings is 1. The van der Waals surface area contributed by atoms with E-state index in [1.165, 1.54) is 0 Å². The predicted octanol–water partition coefficient (Wildman–Crippen LogP) is 3.00. The Kier molecular flexibility index (Phi) is 2.71. The van der Waals surface area contributed by atoms with E-state index in [1.807, 2.05) is 33.3 Å². The van der Waals surface area contributed by atoms with Crippen LogP contribution < -0.4 is 4.90 Å². The van der Waals surface area contributed by atoms with Gasteiger partial charge in [-0.2, -0.15) is 0 Å². The number of aromatic nitrogens is 3. The van der Waals surface area contributed by atoms with Gasteiger partial charge >= 0.3 is 0 Å². The summed E-state index contributed by atoms with van der Waals surface area (Å²) in [7, 11) is 4.06. The largest absolute Gasteiger partial charge is 0.378 e. The van der Waals surface area contributed by atoms with Gasteiger partial charge in [-0.3, -0.25) is 0 Å². The Labute approximate surface area is 112 Å². The second-order valence-electron chi connectivity index (χ2n) is 4.91. The van der Waals surface area contributed by atoms with Crippen molar-refractivity contribution in [1.29, 1.82) is 0 Å². The number of nitrogens with zero attached hydrogens (tertiary/aromatic N) is 3. The number of aryl methyl sites for hydroxylation is 1. The minimum atomic E-state index is 0.760. The van der Waals surface area contributed by atoms with E-state index in [-0.39, 0.29) is 0 Å². The van der Waals surface area contributed by atoms with E-state index in [0.717, 1.165) is 33.8 Å². The topological polar surface area (TPSA) is 44.8 Å². The molecule has 4 heteroatoms. The lowest BCUT2D eigenvalue weighted by atomic mass is 10.2. The molecule has 0 fully saturated rings. The quantitative estimate of drug-likeness (QED) is 0.762. The molecule has 1 N–H and O–H groups in total. The van der Waals surface area contributed by atoms with Crippen LogP contribution in [0.1, 0.15) is 5.56 Å². The van der Waals surface area contributed by atoms with Crippen molar-refractivity contribution in [3.8, 4) is 11.4 Å². The van der Waals surface area contributed by atoms with Crippen LogP contribution in [-0.4, -0.2) is 29.0 Å². The summed E-state index contributed by atoms with van der Waals surface area (Å²) < 4.78 is 0. The number of nitrogens with one attached hydrogen (secondary N) is 1. The number of rotatable bonds is 2. The smallest absolute Gasteiger partial charge is 0.178 e. The van der Waals surface area contributed by atoms with Crippen molar-refractivity contribution in [2.24, 2.45) is 0 Å². The van der Waals surface area contributed by atoms with Crippen LogP contribution in [0.4, 0.5) is 5.69 Å². The first-order valence-corrected chi connectivity index (χ1v) is 6.23. The predicted molar refractivity (Wildman–Crippen MR) is 78.4 cm³/mol. The van der Waals surface area contributed by atoms with Crippen LogP contribution in [0, 0.1) is 6.92 Å². The highest BCUT2D eigenvalue weighted by Crippen LogP contribution is 2.23. The minimum absolute atomic E-state index is 0.760. The average Bonchev–Trinajstić information content (AvgIpc) is 2.81. The van der Waals surface area contributed by atoms with E-state index in [9.17, 15) is 0 Å². The average molecular weight is 252 g/mol. The maximum Gasteiger partial charge on any atom is 0.178 e. The molecule has 0 atom stereocenters. The molecule has 0 aliphatic carbocycles. The number of H-pyrrole nitrogens is 1. The molecular formula is C15H16N4. The van der Waals surface area contributed by atoms with Crippen LogP contribution in [0.25, 0.3) is 22.6 Å². The molecule has 0 aliphatic heterocycles. The summed E-state index contributed by atoms with van der Waals surface area (Å²) in [4.78, 5) is 14.3. The Morgan fingerprint density at radius 2 is 2.00 bits per heavy atom. The lowest BCUT2D eigenvalue weighted by Crippen LogP contribution is -2.08. The van der Waals surface area contributed by atoms with Crippen LogP contribution in [0.15, 0.2) is 36.5 Å². The first-order valence-electron chi connectivity index (χ1n) is 6.23. The second-order valence-corrected chi connectivity index (χ2v) is 4.91. The highest BCUT2D eigenvalue weighted by atomic mass is 15.1. The molecule has 4 nitrogen and oxygen atoms in total. The van der Waals surface area contributed by atoms with Gasteiger partial charge in [0.25, 0.3) is 0 Å². The summed E-state index contributed by atoms with van der Waals surface area (Å²) >= 11 is 0. The highest BCUT2D eigenvalue weighted by molar-refractivity contribution is 5.77. The lowest BCUT2D eigenvalue weighted by molar-refractivity contribution is 1.13. The zero-order valence-electron chi connectivity index (χ0n) is 11.3. The third kappa shape index (κ3) is 2.17. The SMILES string of the molecule is Cc1cnc2nc(-c3cccc(N(C)C)c3)[nH]c2c1. The molecule has 1 aromatic carbocycles. The molecule has 0 radical (unpaired) electrons. The van der Waals surface area contributed by atoms with Crippen molar-refractivity contribution in [2.45, 2.75) is 6.92 Å². The number of hydrogen-bond donors (Lipinski definition) is 1. The third-order valence-corrected chi connectivity index (χ3v) is 3.11. The molecule has 0 saturated heterocycles. The Morgan fingerprint density at radius 3 is 2.79 bits per heavy atom. The third-order valence-electron chi connectivity index (χ3n) is 3.11. The van der Waals surface area contributed by atoms with Crippen LogP contribution in [0.2, 0.25) is 0 Å². The van der Waals surface area contributed by atoms with Gasteiger partial charge < -0.3 is 9.88 Å². The number of hydrogen-bond acceptors (Lipinski definition) is 3. The Balaban J connectivity index is 2.11. The van der Waals surface area contributed by atoms with Gasteiger partial charge in [-0.25, -0.2) is 9.97 Å². The molecular weight excluding hydrogens is 236 g/mol. The van der Waals surface area contributed by atoms with Crippen LogP contribution in [0.3, 0.4) is 0 Å². The van der Waals surface area contributed by atoms with E-state index >= 15 is 0 Å². The summed E-state index contributed by atoms with van der Waals surface area (Å²) in [6, 6.07) is 10.3. The fraction of sp³-hybridized carbons (Fsp3) is 0.200. The molecule has 2 aromatic heterocycles. The molecule has 2 heterocycles. The van der Waals surface area contributed by atoms with Gasteiger partial charge in [0.2, 0.25) is 0 Å². The number of benzene rings is 1. The van der Waals surface area contributed by atoms with Crippen molar-refractivity contribution in [3.05, 3.63) is 42.1 Å². The van der Waals surface area contributed by atoms with Gasteiger partial charge in [-0.05, 0) is 30.7 Å². The standard InChI is InChI=1S/C15H16N4/c1-10-7-13-15(16-9-10)18-14(17-13)11-5-4-6-12(8-11)19(2)3/h4-9H,1-3H3,(H,16,17,18). The maximum atomic E-state index is 4.54. The van der Waals surface area contributed by atoms with Crippen molar-refractivity contribution < 1.29 is 0 Å². The normalized spacial score (nSPS) is 10.9. The summed E-state index contributed by atoms with van der Waals surface area (Å²) in [6.45, 7) is 2.03. The Hall–Kier alpha value is -2.36. The maximum absolute atomic E-state index is 4.54. The van der Waals surface area contributed by atoms with Crippen LogP contribution >= 0.6 is 0 Å². The number of aromatic amines is 1. The van der Waals surface area contributed by atoms with Crippen molar-refractivity contribution in [1.82, 2.24) is 15.0 Å². The zero-order chi connectivity index (χ0) is 13.4. The summed E-state index contributed by atoms with van der Waals surface area (Å²) in [5.74, 6) is 0.858. The van der Waals surface area contributed by atoms with E-state index in [2.05, 4.69) is 44.1 Å².